The van der Waals surface area contributed by atoms with E-state index in [1.807, 2.05) is 13.8 Å². The van der Waals surface area contributed by atoms with Crippen LogP contribution in [0, 0.1) is 5.41 Å². The van der Waals surface area contributed by atoms with Gasteiger partial charge in [-0.15, -0.1) is 0 Å². The Labute approximate surface area is 83.8 Å². The van der Waals surface area contributed by atoms with Crippen molar-refractivity contribution in [2.45, 2.75) is 38.7 Å². The molecule has 0 atom stereocenters. The Balaban J connectivity index is 1.96. The zero-order valence-corrected chi connectivity index (χ0v) is 8.75. The molecule has 80 valence electrons. The van der Waals surface area contributed by atoms with Gasteiger partial charge >= 0.3 is 0 Å². The molecule has 1 saturated heterocycles. The molecule has 1 spiro atoms. The highest BCUT2D eigenvalue weighted by Gasteiger charge is 2.54. The molecule has 2 aliphatic rings. The maximum atomic E-state index is 11.5. The minimum Gasteiger partial charge on any atom is -0.396 e. The molecule has 4 nitrogen and oxygen atoms in total. The summed E-state index contributed by atoms with van der Waals surface area (Å²) in [6.45, 7) is 4.38. The first-order valence-corrected chi connectivity index (χ1v) is 5.07. The highest BCUT2D eigenvalue weighted by atomic mass is 16.7. The second kappa shape index (κ2) is 2.94. The average Bonchev–Trinajstić information content (AvgIpc) is 2.76. The monoisotopic (exact) mass is 199 g/mol. The first kappa shape index (κ1) is 9.93. The molecule has 2 rings (SSSR count). The van der Waals surface area contributed by atoms with Gasteiger partial charge in [-0.1, -0.05) is 13.8 Å². The van der Waals surface area contributed by atoms with E-state index in [4.69, 9.17) is 9.94 Å². The summed E-state index contributed by atoms with van der Waals surface area (Å²) in [6, 6.07) is 0. The molecule has 0 radical (unpaired) electrons. The molecule has 1 aliphatic heterocycles. The van der Waals surface area contributed by atoms with Crippen LogP contribution in [0.25, 0.3) is 0 Å². The van der Waals surface area contributed by atoms with E-state index >= 15 is 0 Å². The van der Waals surface area contributed by atoms with Crippen LogP contribution < -0.4 is 0 Å². The Morgan fingerprint density at radius 2 is 2.21 bits per heavy atom. The van der Waals surface area contributed by atoms with Crippen LogP contribution in [0.4, 0.5) is 0 Å². The van der Waals surface area contributed by atoms with Gasteiger partial charge in [0.25, 0.3) is 0 Å². The van der Waals surface area contributed by atoms with Crippen LogP contribution in [0.1, 0.15) is 33.1 Å². The summed E-state index contributed by atoms with van der Waals surface area (Å²) in [4.78, 5) is 17.1. The molecule has 1 amide bonds. The van der Waals surface area contributed by atoms with Crippen LogP contribution in [-0.2, 0) is 9.63 Å². The van der Waals surface area contributed by atoms with Crippen molar-refractivity contribution >= 4 is 5.91 Å². The smallest absolute Gasteiger partial charge is 0.249 e. The van der Waals surface area contributed by atoms with Crippen molar-refractivity contribution < 1.29 is 14.7 Å². The van der Waals surface area contributed by atoms with Gasteiger partial charge in [0, 0.05) is 12.0 Å². The van der Waals surface area contributed by atoms with E-state index in [1.165, 1.54) is 5.06 Å². The summed E-state index contributed by atoms with van der Waals surface area (Å²) in [5, 5.41) is 10.5. The van der Waals surface area contributed by atoms with Gasteiger partial charge in [0.15, 0.2) is 0 Å². The van der Waals surface area contributed by atoms with Gasteiger partial charge < -0.3 is 5.11 Å². The number of carbonyl (C=O) groups excluding carboxylic acids is 1. The maximum Gasteiger partial charge on any atom is 0.249 e. The Kier molecular flexibility index (Phi) is 2.08. The van der Waals surface area contributed by atoms with Gasteiger partial charge in [0.2, 0.25) is 5.91 Å². The molecule has 0 aromatic heterocycles. The number of carbonyl (C=O) groups is 1. The highest BCUT2D eigenvalue weighted by Crippen LogP contribution is 2.48. The minimum atomic E-state index is -0.282. The molecule has 1 heterocycles. The molecule has 0 aromatic carbocycles. The number of hydrogen-bond acceptors (Lipinski definition) is 3. The topological polar surface area (TPSA) is 49.8 Å². The first-order valence-electron chi connectivity index (χ1n) is 5.07. The van der Waals surface area contributed by atoms with E-state index in [0.29, 0.717) is 13.0 Å². The van der Waals surface area contributed by atoms with Crippen molar-refractivity contribution in [2.75, 3.05) is 13.2 Å². The summed E-state index contributed by atoms with van der Waals surface area (Å²) in [7, 11) is 0. The number of hydrogen-bond donors (Lipinski definition) is 1. The van der Waals surface area contributed by atoms with E-state index in [2.05, 4.69) is 0 Å². The first-order chi connectivity index (χ1) is 6.46. The van der Waals surface area contributed by atoms with Gasteiger partial charge in [-0.3, -0.25) is 9.63 Å². The van der Waals surface area contributed by atoms with Gasteiger partial charge in [-0.05, 0) is 12.8 Å². The van der Waals surface area contributed by atoms with Crippen molar-refractivity contribution in [3.63, 3.8) is 0 Å². The van der Waals surface area contributed by atoms with Gasteiger partial charge in [-0.2, -0.15) is 0 Å². The molecular weight excluding hydrogens is 182 g/mol. The number of aliphatic hydroxyl groups is 1. The largest absolute Gasteiger partial charge is 0.396 e. The SMILES string of the molecule is CC(C)(CO)CN1OC2(CC2)CC1=O. The molecular formula is C10H17NO3. The second-order valence-electron chi connectivity index (χ2n) is 5.20. The van der Waals surface area contributed by atoms with E-state index in [-0.39, 0.29) is 23.5 Å². The van der Waals surface area contributed by atoms with Crippen molar-refractivity contribution in [3.05, 3.63) is 0 Å². The highest BCUT2D eigenvalue weighted by molar-refractivity contribution is 5.78. The summed E-state index contributed by atoms with van der Waals surface area (Å²) in [5.41, 5.74) is -0.432. The van der Waals surface area contributed by atoms with Crippen LogP contribution in [0.3, 0.4) is 0 Å². The summed E-state index contributed by atoms with van der Waals surface area (Å²) in [6.07, 6.45) is 2.51. The lowest BCUT2D eigenvalue weighted by Crippen LogP contribution is -2.36. The maximum absolute atomic E-state index is 11.5. The third kappa shape index (κ3) is 1.77. The number of nitrogens with zero attached hydrogens (tertiary/aromatic N) is 1. The molecule has 14 heavy (non-hydrogen) atoms. The van der Waals surface area contributed by atoms with Crippen LogP contribution >= 0.6 is 0 Å². The van der Waals surface area contributed by atoms with Crippen molar-refractivity contribution in [3.8, 4) is 0 Å². The second-order valence-corrected chi connectivity index (χ2v) is 5.20. The Hall–Kier alpha value is -0.610. The third-order valence-electron chi connectivity index (χ3n) is 2.86. The zero-order chi connectivity index (χ0) is 10.4. The Morgan fingerprint density at radius 3 is 2.64 bits per heavy atom. The quantitative estimate of drug-likeness (QED) is 0.728. The number of amides is 1. The van der Waals surface area contributed by atoms with Gasteiger partial charge in [0.1, 0.15) is 5.60 Å². The zero-order valence-electron chi connectivity index (χ0n) is 8.75. The number of rotatable bonds is 3. The van der Waals surface area contributed by atoms with E-state index in [9.17, 15) is 4.79 Å². The standard InChI is InChI=1S/C10H17NO3/c1-9(2,7-12)6-11-8(13)5-10(14-11)3-4-10/h12H,3-7H2,1-2H3. The molecule has 0 unspecified atom stereocenters. The summed E-state index contributed by atoms with van der Waals surface area (Å²) in [5.74, 6) is 0.0593. The average molecular weight is 199 g/mol. The molecule has 1 aliphatic carbocycles. The predicted molar refractivity (Wildman–Crippen MR) is 50.2 cm³/mol. The van der Waals surface area contributed by atoms with Crippen LogP contribution in [0.5, 0.6) is 0 Å². The lowest BCUT2D eigenvalue weighted by molar-refractivity contribution is -0.187. The van der Waals surface area contributed by atoms with Crippen molar-refractivity contribution in [1.82, 2.24) is 5.06 Å². The van der Waals surface area contributed by atoms with Gasteiger partial charge in [0.05, 0.1) is 13.0 Å². The van der Waals surface area contributed by atoms with Crippen LogP contribution in [0.15, 0.2) is 0 Å². The van der Waals surface area contributed by atoms with Crippen LogP contribution in [-0.4, -0.2) is 34.8 Å². The van der Waals surface area contributed by atoms with Crippen LogP contribution in [0.2, 0.25) is 0 Å². The Morgan fingerprint density at radius 1 is 1.57 bits per heavy atom. The van der Waals surface area contributed by atoms with Crippen molar-refractivity contribution in [2.24, 2.45) is 5.41 Å². The fourth-order valence-corrected chi connectivity index (χ4v) is 1.65. The van der Waals surface area contributed by atoms with E-state index in [1.54, 1.807) is 0 Å². The number of aliphatic hydroxyl groups excluding tert-OH is 1. The summed E-state index contributed by atoms with van der Waals surface area (Å²) >= 11 is 0. The minimum absolute atomic E-state index is 0.0593. The lowest BCUT2D eigenvalue weighted by atomic mass is 9.95. The Bertz CT molecular complexity index is 258. The van der Waals surface area contributed by atoms with Crippen molar-refractivity contribution in [1.29, 1.82) is 0 Å². The fraction of sp³-hybridized carbons (Fsp3) is 0.900. The number of hydroxylamine groups is 2. The van der Waals surface area contributed by atoms with E-state index < -0.39 is 0 Å². The molecule has 1 saturated carbocycles. The molecule has 0 aromatic rings. The predicted octanol–water partition coefficient (Wildman–Crippen LogP) is 0.701. The fourth-order valence-electron chi connectivity index (χ4n) is 1.65. The molecule has 0 bridgehead atoms. The molecule has 1 N–H and O–H groups in total. The van der Waals surface area contributed by atoms with Gasteiger partial charge in [-0.25, -0.2) is 5.06 Å². The molecule has 4 heteroatoms. The normalized spacial score (nSPS) is 24.8. The third-order valence-corrected chi connectivity index (χ3v) is 2.86. The van der Waals surface area contributed by atoms with E-state index in [0.717, 1.165) is 12.8 Å². The lowest BCUT2D eigenvalue weighted by Gasteiger charge is -2.27. The summed E-state index contributed by atoms with van der Waals surface area (Å²) < 4.78 is 0. The molecule has 2 fully saturated rings.